The van der Waals surface area contributed by atoms with E-state index >= 15 is 0 Å². The van der Waals surface area contributed by atoms with Crippen LogP contribution in [0.2, 0.25) is 0 Å². The number of hydrazone groups is 1. The molecule has 0 aromatic heterocycles. The zero-order valence-corrected chi connectivity index (χ0v) is 14.9. The molecule has 2 rings (SSSR count). The summed E-state index contributed by atoms with van der Waals surface area (Å²) in [6, 6.07) is 7.29. The summed E-state index contributed by atoms with van der Waals surface area (Å²) >= 11 is 0. The molecule has 1 aliphatic carbocycles. The molecule has 1 saturated carbocycles. The number of carbonyl (C=O) groups excluding carboxylic acids is 2. The van der Waals surface area contributed by atoms with Crippen LogP contribution in [0.4, 0.5) is 5.69 Å². The second kappa shape index (κ2) is 8.08. The Labute approximate surface area is 143 Å². The van der Waals surface area contributed by atoms with Gasteiger partial charge in [0.05, 0.1) is 0 Å². The number of benzene rings is 1. The van der Waals surface area contributed by atoms with Crippen LogP contribution in [0.25, 0.3) is 0 Å². The molecule has 130 valence electrons. The third kappa shape index (κ3) is 4.91. The van der Waals surface area contributed by atoms with Crippen molar-refractivity contribution in [1.82, 2.24) is 5.43 Å². The van der Waals surface area contributed by atoms with Gasteiger partial charge in [0.2, 0.25) is 0 Å². The van der Waals surface area contributed by atoms with E-state index in [2.05, 4.69) is 36.6 Å². The molecular formula is C19H27N3O2. The Morgan fingerprint density at radius 2 is 1.79 bits per heavy atom. The lowest BCUT2D eigenvalue weighted by molar-refractivity contribution is -0.136. The average Bonchev–Trinajstić information content (AvgIpc) is 2.54. The Balaban J connectivity index is 1.96. The number of hydrogen-bond acceptors (Lipinski definition) is 3. The van der Waals surface area contributed by atoms with Gasteiger partial charge in [-0.15, -0.1) is 0 Å². The number of hydrogen-bond donors (Lipinski definition) is 2. The lowest BCUT2D eigenvalue weighted by atomic mass is 9.76. The van der Waals surface area contributed by atoms with E-state index in [1.165, 1.54) is 6.42 Å². The first-order valence-corrected chi connectivity index (χ1v) is 8.61. The molecule has 2 amide bonds. The van der Waals surface area contributed by atoms with Gasteiger partial charge in [-0.3, -0.25) is 9.59 Å². The van der Waals surface area contributed by atoms with Crippen LogP contribution < -0.4 is 10.7 Å². The van der Waals surface area contributed by atoms with Gasteiger partial charge in [0.15, 0.2) is 0 Å². The van der Waals surface area contributed by atoms with Crippen LogP contribution in [0, 0.1) is 24.7 Å². The topological polar surface area (TPSA) is 70.6 Å². The molecule has 1 fully saturated rings. The van der Waals surface area contributed by atoms with E-state index in [4.69, 9.17) is 0 Å². The molecule has 2 N–H and O–H groups in total. The molecule has 0 bridgehead atoms. The molecule has 0 aliphatic heterocycles. The van der Waals surface area contributed by atoms with Gasteiger partial charge in [-0.2, -0.15) is 5.10 Å². The number of aryl methyl sites for hydroxylation is 1. The third-order valence-corrected chi connectivity index (χ3v) is 4.58. The molecule has 1 aromatic rings. The van der Waals surface area contributed by atoms with Crippen molar-refractivity contribution in [2.75, 3.05) is 5.32 Å². The Morgan fingerprint density at radius 3 is 2.42 bits per heavy atom. The van der Waals surface area contributed by atoms with E-state index in [0.29, 0.717) is 23.4 Å². The summed E-state index contributed by atoms with van der Waals surface area (Å²) in [4.78, 5) is 23.9. The van der Waals surface area contributed by atoms with Gasteiger partial charge >= 0.3 is 11.8 Å². The average molecular weight is 329 g/mol. The van der Waals surface area contributed by atoms with Crippen molar-refractivity contribution in [1.29, 1.82) is 0 Å². The van der Waals surface area contributed by atoms with Gasteiger partial charge in [-0.25, -0.2) is 5.43 Å². The highest BCUT2D eigenvalue weighted by Gasteiger charge is 2.27. The minimum absolute atomic E-state index is 0.377. The van der Waals surface area contributed by atoms with Crippen LogP contribution in [0.3, 0.4) is 0 Å². The predicted octanol–water partition coefficient (Wildman–Crippen LogP) is 3.50. The molecule has 5 nitrogen and oxygen atoms in total. The van der Waals surface area contributed by atoms with Gasteiger partial charge in [0.25, 0.3) is 0 Å². The van der Waals surface area contributed by atoms with Crippen molar-refractivity contribution >= 4 is 23.2 Å². The maximum absolute atomic E-state index is 12.0. The van der Waals surface area contributed by atoms with E-state index in [0.717, 1.165) is 24.1 Å². The minimum atomic E-state index is -0.733. The number of rotatable bonds is 3. The smallest absolute Gasteiger partial charge is 0.318 e. The van der Waals surface area contributed by atoms with Crippen LogP contribution in [0.15, 0.2) is 29.4 Å². The van der Waals surface area contributed by atoms with Crippen molar-refractivity contribution in [3.63, 3.8) is 0 Å². The van der Waals surface area contributed by atoms with E-state index < -0.39 is 11.8 Å². The summed E-state index contributed by atoms with van der Waals surface area (Å²) < 4.78 is 0. The zero-order chi connectivity index (χ0) is 17.7. The molecular weight excluding hydrogens is 302 g/mol. The van der Waals surface area contributed by atoms with Crippen LogP contribution in [0.1, 0.15) is 45.6 Å². The normalized spacial score (nSPS) is 22.5. The number of anilines is 1. The SMILES string of the molecule is Cc1ccc(NC(=O)C(=O)N/N=C2/C[C@H](C)CC[C@H]2C(C)C)cc1. The van der Waals surface area contributed by atoms with Crippen LogP contribution in [-0.4, -0.2) is 17.5 Å². The van der Waals surface area contributed by atoms with E-state index in [1.807, 2.05) is 19.1 Å². The molecule has 1 aliphatic rings. The summed E-state index contributed by atoms with van der Waals surface area (Å²) in [5.74, 6) is -0.00907. The standard InChI is InChI=1S/C19H27N3O2/c1-12(2)16-10-7-14(4)11-17(16)21-22-19(24)18(23)20-15-8-5-13(3)6-9-15/h5-6,8-9,12,14,16H,7,10-11H2,1-4H3,(H,20,23)(H,22,24)/b21-17-/t14-,16+/m1/s1. The number of carbonyl (C=O) groups is 2. The van der Waals surface area contributed by atoms with Crippen molar-refractivity contribution in [3.8, 4) is 0 Å². The largest absolute Gasteiger partial charge is 0.329 e. The van der Waals surface area contributed by atoms with E-state index in [-0.39, 0.29) is 0 Å². The number of nitrogens with one attached hydrogen (secondary N) is 2. The predicted molar refractivity (Wildman–Crippen MR) is 96.7 cm³/mol. The molecule has 0 radical (unpaired) electrons. The highest BCUT2D eigenvalue weighted by atomic mass is 16.2. The van der Waals surface area contributed by atoms with Crippen LogP contribution in [-0.2, 0) is 9.59 Å². The van der Waals surface area contributed by atoms with Crippen molar-refractivity contribution in [3.05, 3.63) is 29.8 Å². The van der Waals surface area contributed by atoms with Crippen LogP contribution in [0.5, 0.6) is 0 Å². The molecule has 5 heteroatoms. The quantitative estimate of drug-likeness (QED) is 0.658. The van der Waals surface area contributed by atoms with Crippen molar-refractivity contribution < 1.29 is 9.59 Å². The molecule has 0 heterocycles. The van der Waals surface area contributed by atoms with Gasteiger partial charge in [-0.05, 0) is 50.2 Å². The lowest BCUT2D eigenvalue weighted by Gasteiger charge is -2.30. The Hall–Kier alpha value is -2.17. The maximum Gasteiger partial charge on any atom is 0.329 e. The first-order valence-electron chi connectivity index (χ1n) is 8.61. The lowest BCUT2D eigenvalue weighted by Crippen LogP contribution is -2.35. The summed E-state index contributed by atoms with van der Waals surface area (Å²) in [7, 11) is 0. The van der Waals surface area contributed by atoms with Gasteiger partial charge in [-0.1, -0.05) is 38.5 Å². The molecule has 0 spiro atoms. The molecule has 2 atom stereocenters. The first kappa shape index (κ1) is 18.2. The van der Waals surface area contributed by atoms with E-state index in [9.17, 15) is 9.59 Å². The highest BCUT2D eigenvalue weighted by Crippen LogP contribution is 2.31. The van der Waals surface area contributed by atoms with Crippen molar-refractivity contribution in [2.45, 2.75) is 47.0 Å². The Bertz CT molecular complexity index is 620. The van der Waals surface area contributed by atoms with Crippen LogP contribution >= 0.6 is 0 Å². The van der Waals surface area contributed by atoms with Crippen molar-refractivity contribution in [2.24, 2.45) is 22.9 Å². The Morgan fingerprint density at radius 1 is 1.12 bits per heavy atom. The molecule has 0 unspecified atom stereocenters. The van der Waals surface area contributed by atoms with E-state index in [1.54, 1.807) is 12.1 Å². The fraction of sp³-hybridized carbons (Fsp3) is 0.526. The van der Waals surface area contributed by atoms with Gasteiger partial charge in [0, 0.05) is 17.3 Å². The summed E-state index contributed by atoms with van der Waals surface area (Å²) in [5.41, 5.74) is 5.12. The van der Waals surface area contributed by atoms with Gasteiger partial charge < -0.3 is 5.32 Å². The monoisotopic (exact) mass is 329 g/mol. The highest BCUT2D eigenvalue weighted by molar-refractivity contribution is 6.39. The number of nitrogens with zero attached hydrogens (tertiary/aromatic N) is 1. The second-order valence-electron chi connectivity index (χ2n) is 7.10. The zero-order valence-electron chi connectivity index (χ0n) is 14.9. The summed E-state index contributed by atoms with van der Waals surface area (Å²) in [6.07, 6.45) is 3.15. The maximum atomic E-state index is 12.0. The fourth-order valence-electron chi connectivity index (χ4n) is 3.09. The molecule has 1 aromatic carbocycles. The minimum Gasteiger partial charge on any atom is -0.318 e. The Kier molecular flexibility index (Phi) is 6.12. The summed E-state index contributed by atoms with van der Waals surface area (Å²) in [6.45, 7) is 8.49. The second-order valence-corrected chi connectivity index (χ2v) is 7.10. The first-order chi connectivity index (χ1) is 11.4. The molecule has 0 saturated heterocycles. The summed E-state index contributed by atoms with van der Waals surface area (Å²) in [5, 5.41) is 6.85. The number of amides is 2. The van der Waals surface area contributed by atoms with Gasteiger partial charge in [0.1, 0.15) is 0 Å². The molecule has 24 heavy (non-hydrogen) atoms. The fourth-order valence-corrected chi connectivity index (χ4v) is 3.09. The third-order valence-electron chi connectivity index (χ3n) is 4.58.